The molecule has 2 radical (unpaired) electrons. The van der Waals surface area contributed by atoms with Crippen molar-refractivity contribution in [3.63, 3.8) is 0 Å². The second kappa shape index (κ2) is 8.59. The van der Waals surface area contributed by atoms with Crippen LogP contribution in [-0.4, -0.2) is 0 Å². The van der Waals surface area contributed by atoms with Crippen LogP contribution in [0.25, 0.3) is 0 Å². The summed E-state index contributed by atoms with van der Waals surface area (Å²) >= 11 is 0. The summed E-state index contributed by atoms with van der Waals surface area (Å²) < 4.78 is 0. The Morgan fingerprint density at radius 1 is 1.15 bits per heavy atom. The van der Waals surface area contributed by atoms with E-state index in [2.05, 4.69) is 27.7 Å². The third-order valence-electron chi connectivity index (χ3n) is 2.92. The highest BCUT2D eigenvalue weighted by Crippen LogP contribution is 2.23. The molecule has 0 saturated carbocycles. The first-order valence-electron chi connectivity index (χ1n) is 5.83. The molecule has 0 aromatic rings. The Morgan fingerprint density at radius 3 is 2.31 bits per heavy atom. The summed E-state index contributed by atoms with van der Waals surface area (Å²) in [5.41, 5.74) is 0. The van der Waals surface area contributed by atoms with E-state index in [4.69, 9.17) is 0 Å². The number of hydrogen-bond donors (Lipinski definition) is 0. The molecular formula is C13H26. The molecule has 0 aliphatic heterocycles. The van der Waals surface area contributed by atoms with E-state index in [0.717, 1.165) is 24.7 Å². The van der Waals surface area contributed by atoms with Crippen LogP contribution in [0.1, 0.15) is 58.8 Å². The van der Waals surface area contributed by atoms with Crippen LogP contribution in [-0.2, 0) is 0 Å². The Bertz CT molecular complexity index is 96.2. The zero-order valence-corrected chi connectivity index (χ0v) is 9.52. The van der Waals surface area contributed by atoms with Gasteiger partial charge in [0.1, 0.15) is 0 Å². The molecule has 0 saturated heterocycles. The molecule has 78 valence electrons. The van der Waals surface area contributed by atoms with Crippen LogP contribution in [0.15, 0.2) is 0 Å². The van der Waals surface area contributed by atoms with E-state index in [1.54, 1.807) is 0 Å². The van der Waals surface area contributed by atoms with Gasteiger partial charge in [-0.15, -0.1) is 0 Å². The van der Waals surface area contributed by atoms with Crippen molar-refractivity contribution in [2.75, 3.05) is 0 Å². The fourth-order valence-electron chi connectivity index (χ4n) is 1.79. The van der Waals surface area contributed by atoms with Gasteiger partial charge in [-0.3, -0.25) is 0 Å². The molecule has 0 heteroatoms. The highest BCUT2D eigenvalue weighted by atomic mass is 14.1. The minimum Gasteiger partial charge on any atom is -0.0651 e. The molecule has 13 heavy (non-hydrogen) atoms. The van der Waals surface area contributed by atoms with Crippen LogP contribution in [0.3, 0.4) is 0 Å². The van der Waals surface area contributed by atoms with Crippen LogP contribution < -0.4 is 0 Å². The van der Waals surface area contributed by atoms with Gasteiger partial charge < -0.3 is 0 Å². The molecule has 0 rings (SSSR count). The zero-order chi connectivity index (χ0) is 10.1. The molecule has 0 aromatic carbocycles. The van der Waals surface area contributed by atoms with E-state index in [-0.39, 0.29) is 0 Å². The predicted octanol–water partition coefficient (Wildman–Crippen LogP) is 4.66. The monoisotopic (exact) mass is 182 g/mol. The van der Waals surface area contributed by atoms with Gasteiger partial charge in [0.25, 0.3) is 0 Å². The number of hydrogen-bond acceptors (Lipinski definition) is 0. The van der Waals surface area contributed by atoms with Gasteiger partial charge in [-0.1, -0.05) is 66.2 Å². The number of rotatable bonds is 8. The van der Waals surface area contributed by atoms with Crippen molar-refractivity contribution in [2.24, 2.45) is 11.8 Å². The first kappa shape index (κ1) is 13.0. The van der Waals surface area contributed by atoms with Crippen molar-refractivity contribution in [3.8, 4) is 0 Å². The van der Waals surface area contributed by atoms with E-state index >= 15 is 0 Å². The molecule has 0 nitrogen and oxygen atoms in total. The van der Waals surface area contributed by atoms with E-state index in [1.165, 1.54) is 32.1 Å². The molecule has 0 spiro atoms. The summed E-state index contributed by atoms with van der Waals surface area (Å²) in [5, 5.41) is 0. The Kier molecular flexibility index (Phi) is 8.59. The Morgan fingerprint density at radius 2 is 1.85 bits per heavy atom. The molecule has 0 aliphatic carbocycles. The standard InChI is InChI=1S/C13H26/c1-5-8-9-10-13(7-3)11-12(4)6-2/h12-13H,1-2,5-11H2,3-4H3. The average molecular weight is 182 g/mol. The lowest BCUT2D eigenvalue weighted by Gasteiger charge is -2.18. The normalized spacial score (nSPS) is 15.7. The minimum atomic E-state index is 0.810. The van der Waals surface area contributed by atoms with Crippen LogP contribution in [0, 0.1) is 25.7 Å². The Hall–Kier alpha value is 0. The van der Waals surface area contributed by atoms with Gasteiger partial charge in [-0.2, -0.15) is 0 Å². The van der Waals surface area contributed by atoms with Gasteiger partial charge in [0, 0.05) is 0 Å². The molecular weight excluding hydrogens is 156 g/mol. The van der Waals surface area contributed by atoms with E-state index in [1.807, 2.05) is 0 Å². The lowest BCUT2D eigenvalue weighted by molar-refractivity contribution is 0.351. The average Bonchev–Trinajstić information content (AvgIpc) is 2.16. The van der Waals surface area contributed by atoms with Gasteiger partial charge in [-0.25, -0.2) is 0 Å². The van der Waals surface area contributed by atoms with Crippen molar-refractivity contribution in [3.05, 3.63) is 13.8 Å². The highest BCUT2D eigenvalue weighted by Gasteiger charge is 2.09. The first-order valence-corrected chi connectivity index (χ1v) is 5.83. The van der Waals surface area contributed by atoms with Crippen molar-refractivity contribution in [2.45, 2.75) is 58.8 Å². The largest absolute Gasteiger partial charge is 0.0651 e. The summed E-state index contributed by atoms with van der Waals surface area (Å²) in [5.74, 6) is 1.74. The molecule has 0 aromatic heterocycles. The lowest BCUT2D eigenvalue weighted by Crippen LogP contribution is -2.05. The van der Waals surface area contributed by atoms with E-state index < -0.39 is 0 Å². The minimum absolute atomic E-state index is 0.810. The summed E-state index contributed by atoms with van der Waals surface area (Å²) in [6, 6.07) is 0. The molecule has 0 heterocycles. The third-order valence-corrected chi connectivity index (χ3v) is 2.92. The zero-order valence-electron chi connectivity index (χ0n) is 9.52. The second-order valence-electron chi connectivity index (χ2n) is 4.25. The van der Waals surface area contributed by atoms with E-state index in [9.17, 15) is 0 Å². The molecule has 2 atom stereocenters. The summed E-state index contributed by atoms with van der Waals surface area (Å²) in [6.07, 6.45) is 8.96. The number of unbranched alkanes of at least 4 members (excludes halogenated alkanes) is 2. The summed E-state index contributed by atoms with van der Waals surface area (Å²) in [7, 11) is 0. The van der Waals surface area contributed by atoms with Gasteiger partial charge in [0.15, 0.2) is 0 Å². The predicted molar refractivity (Wildman–Crippen MR) is 61.4 cm³/mol. The molecule has 0 bridgehead atoms. The quantitative estimate of drug-likeness (QED) is 0.479. The van der Waals surface area contributed by atoms with Crippen LogP contribution in [0.5, 0.6) is 0 Å². The van der Waals surface area contributed by atoms with Crippen LogP contribution in [0.4, 0.5) is 0 Å². The Labute approximate surface area is 85.1 Å². The molecule has 0 aliphatic rings. The highest BCUT2D eigenvalue weighted by molar-refractivity contribution is 4.63. The van der Waals surface area contributed by atoms with Crippen LogP contribution in [0.2, 0.25) is 0 Å². The summed E-state index contributed by atoms with van der Waals surface area (Å²) in [6.45, 7) is 12.5. The molecule has 0 fully saturated rings. The fourth-order valence-corrected chi connectivity index (χ4v) is 1.79. The van der Waals surface area contributed by atoms with Gasteiger partial charge in [0.2, 0.25) is 0 Å². The molecule has 0 amide bonds. The Balaban J connectivity index is 3.50. The van der Waals surface area contributed by atoms with Gasteiger partial charge in [-0.05, 0) is 18.3 Å². The van der Waals surface area contributed by atoms with Crippen molar-refractivity contribution in [1.29, 1.82) is 0 Å². The topological polar surface area (TPSA) is 0 Å². The molecule has 2 unspecified atom stereocenters. The fraction of sp³-hybridized carbons (Fsp3) is 0.846. The van der Waals surface area contributed by atoms with Crippen molar-refractivity contribution in [1.82, 2.24) is 0 Å². The third kappa shape index (κ3) is 7.10. The maximum absolute atomic E-state index is 3.96. The molecule has 0 N–H and O–H groups in total. The maximum Gasteiger partial charge on any atom is -0.0414 e. The van der Waals surface area contributed by atoms with Crippen molar-refractivity contribution < 1.29 is 0 Å². The maximum atomic E-state index is 3.96. The first-order chi connectivity index (χ1) is 6.24. The van der Waals surface area contributed by atoms with Crippen LogP contribution >= 0.6 is 0 Å². The summed E-state index contributed by atoms with van der Waals surface area (Å²) in [4.78, 5) is 0. The second-order valence-corrected chi connectivity index (χ2v) is 4.25. The van der Waals surface area contributed by atoms with Gasteiger partial charge >= 0.3 is 0 Å². The lowest BCUT2D eigenvalue weighted by atomic mass is 9.88. The van der Waals surface area contributed by atoms with Crippen molar-refractivity contribution >= 4 is 0 Å². The smallest absolute Gasteiger partial charge is 0.0414 e. The van der Waals surface area contributed by atoms with E-state index in [0.29, 0.717) is 0 Å². The SMILES string of the molecule is [CH2]CCCCC(CC)CC(C)C[CH2]. The van der Waals surface area contributed by atoms with Gasteiger partial charge in [0.05, 0.1) is 0 Å².